The highest BCUT2D eigenvalue weighted by atomic mass is 32.2. The smallest absolute Gasteiger partial charge is 0.273 e. The Hall–Kier alpha value is -3.52. The molecule has 1 amide bonds. The maximum absolute atomic E-state index is 12.9. The molecule has 1 N–H and O–H groups in total. The van der Waals surface area contributed by atoms with Gasteiger partial charge in [0, 0.05) is 24.7 Å². The van der Waals surface area contributed by atoms with Crippen molar-refractivity contribution in [2.45, 2.75) is 23.8 Å². The van der Waals surface area contributed by atoms with Gasteiger partial charge in [-0.05, 0) is 36.6 Å². The molecule has 0 atom stereocenters. The highest BCUT2D eigenvalue weighted by molar-refractivity contribution is 7.98. The fourth-order valence-electron chi connectivity index (χ4n) is 3.10. The molecule has 31 heavy (non-hydrogen) atoms. The minimum Gasteiger partial charge on any atom is -0.351 e. The van der Waals surface area contributed by atoms with Crippen LogP contribution >= 0.6 is 11.8 Å². The minimum absolute atomic E-state index is 0.222. The van der Waals surface area contributed by atoms with Crippen LogP contribution in [-0.4, -0.2) is 37.4 Å². The molecule has 0 aliphatic rings. The third-order valence-electron chi connectivity index (χ3n) is 4.63. The van der Waals surface area contributed by atoms with Gasteiger partial charge in [-0.2, -0.15) is 0 Å². The average Bonchev–Trinajstić information content (AvgIpc) is 3.26. The Morgan fingerprint density at radius 1 is 0.935 bits per heavy atom. The van der Waals surface area contributed by atoms with Crippen molar-refractivity contribution in [2.75, 3.05) is 6.54 Å². The molecule has 0 unspecified atom stereocenters. The van der Waals surface area contributed by atoms with Crippen LogP contribution in [0.5, 0.6) is 0 Å². The van der Waals surface area contributed by atoms with Crippen LogP contribution in [0.25, 0.3) is 5.69 Å². The Morgan fingerprint density at radius 2 is 1.65 bits per heavy atom. The lowest BCUT2D eigenvalue weighted by Gasteiger charge is -2.08. The molecule has 0 spiro atoms. The van der Waals surface area contributed by atoms with E-state index in [9.17, 15) is 4.79 Å². The van der Waals surface area contributed by atoms with Gasteiger partial charge in [-0.1, -0.05) is 65.5 Å². The van der Waals surface area contributed by atoms with Crippen molar-refractivity contribution in [3.8, 4) is 5.69 Å². The summed E-state index contributed by atoms with van der Waals surface area (Å²) in [5, 5.41) is 12.0. The number of nitrogens with one attached hydrogen (secondary N) is 1. The van der Waals surface area contributed by atoms with Gasteiger partial charge in [0.25, 0.3) is 5.91 Å². The Labute approximate surface area is 184 Å². The molecule has 7 nitrogen and oxygen atoms in total. The van der Waals surface area contributed by atoms with Gasteiger partial charge >= 0.3 is 0 Å². The first kappa shape index (κ1) is 20.7. The molecule has 2 aromatic carbocycles. The molecule has 8 heteroatoms. The second-order valence-electron chi connectivity index (χ2n) is 6.80. The number of hydrogen-bond donors (Lipinski definition) is 1. The van der Waals surface area contributed by atoms with E-state index >= 15 is 0 Å². The van der Waals surface area contributed by atoms with Gasteiger partial charge in [0.05, 0.1) is 11.4 Å². The molecule has 0 fully saturated rings. The number of amides is 1. The predicted molar refractivity (Wildman–Crippen MR) is 120 cm³/mol. The normalized spacial score (nSPS) is 10.7. The average molecular weight is 431 g/mol. The lowest BCUT2D eigenvalue weighted by Crippen LogP contribution is -2.26. The fraction of sp³-hybridized carbons (Fsp3) is 0.174. The third-order valence-corrected chi connectivity index (χ3v) is 5.52. The van der Waals surface area contributed by atoms with Gasteiger partial charge in [-0.25, -0.2) is 14.6 Å². The van der Waals surface area contributed by atoms with Crippen LogP contribution < -0.4 is 5.32 Å². The Balaban J connectivity index is 1.46. The molecule has 2 heterocycles. The van der Waals surface area contributed by atoms with Crippen molar-refractivity contribution in [2.24, 2.45) is 0 Å². The number of nitrogens with zero attached hydrogens (tertiary/aromatic N) is 5. The fourth-order valence-corrected chi connectivity index (χ4v) is 3.90. The van der Waals surface area contributed by atoms with Crippen LogP contribution in [0.1, 0.15) is 28.2 Å². The molecule has 0 saturated carbocycles. The summed E-state index contributed by atoms with van der Waals surface area (Å²) in [6.07, 6.45) is 5.15. The van der Waals surface area contributed by atoms with Gasteiger partial charge in [0.15, 0.2) is 10.9 Å². The zero-order chi connectivity index (χ0) is 21.3. The van der Waals surface area contributed by atoms with E-state index in [0.29, 0.717) is 28.8 Å². The summed E-state index contributed by atoms with van der Waals surface area (Å²) in [5.74, 6) is 0.249. The van der Waals surface area contributed by atoms with Gasteiger partial charge < -0.3 is 5.32 Å². The van der Waals surface area contributed by atoms with E-state index < -0.39 is 0 Å². The summed E-state index contributed by atoms with van der Waals surface area (Å²) in [6, 6.07) is 21.7. The Bertz CT molecular complexity index is 1100. The summed E-state index contributed by atoms with van der Waals surface area (Å²) in [6.45, 7) is 0.570. The minimum atomic E-state index is -0.222. The molecule has 4 rings (SSSR count). The van der Waals surface area contributed by atoms with E-state index in [4.69, 9.17) is 0 Å². The lowest BCUT2D eigenvalue weighted by atomic mass is 10.1. The van der Waals surface area contributed by atoms with Crippen LogP contribution in [0, 0.1) is 0 Å². The van der Waals surface area contributed by atoms with Crippen molar-refractivity contribution < 1.29 is 4.79 Å². The summed E-state index contributed by atoms with van der Waals surface area (Å²) in [7, 11) is 0. The molecule has 0 aliphatic heterocycles. The second-order valence-corrected chi connectivity index (χ2v) is 7.74. The number of aryl methyl sites for hydroxylation is 1. The number of aromatic nitrogens is 5. The number of carbonyl (C=O) groups excluding carboxylic acids is 1. The van der Waals surface area contributed by atoms with Gasteiger partial charge in [-0.3, -0.25) is 4.79 Å². The number of benzene rings is 2. The SMILES string of the molecule is O=C(NCCCc1ccccc1)c1nnn(-c2ccccc2)c1CSc1ncccn1. The third kappa shape index (κ3) is 5.55. The van der Waals surface area contributed by atoms with Crippen molar-refractivity contribution in [1.29, 1.82) is 0 Å². The maximum atomic E-state index is 12.9. The van der Waals surface area contributed by atoms with E-state index in [1.807, 2.05) is 48.5 Å². The topological polar surface area (TPSA) is 85.6 Å². The largest absolute Gasteiger partial charge is 0.351 e. The summed E-state index contributed by atoms with van der Waals surface area (Å²) in [4.78, 5) is 21.4. The van der Waals surface area contributed by atoms with E-state index in [1.54, 1.807) is 23.1 Å². The first-order chi connectivity index (χ1) is 15.3. The highest BCUT2D eigenvalue weighted by Crippen LogP contribution is 2.22. The zero-order valence-corrected chi connectivity index (χ0v) is 17.7. The number of rotatable bonds is 9. The predicted octanol–water partition coefficient (Wildman–Crippen LogP) is 3.71. The van der Waals surface area contributed by atoms with Crippen LogP contribution in [0.4, 0.5) is 0 Å². The van der Waals surface area contributed by atoms with Gasteiger partial charge in [0.2, 0.25) is 0 Å². The molecule has 0 bridgehead atoms. The maximum Gasteiger partial charge on any atom is 0.273 e. The van der Waals surface area contributed by atoms with E-state index in [1.165, 1.54) is 17.3 Å². The number of para-hydroxylation sites is 1. The molecule has 0 saturated heterocycles. The Kier molecular flexibility index (Phi) is 7.02. The Morgan fingerprint density at radius 3 is 2.39 bits per heavy atom. The molecule has 0 radical (unpaired) electrons. The summed E-state index contributed by atoms with van der Waals surface area (Å²) < 4.78 is 1.70. The van der Waals surface area contributed by atoms with Crippen molar-refractivity contribution in [3.63, 3.8) is 0 Å². The van der Waals surface area contributed by atoms with Crippen LogP contribution in [0.15, 0.2) is 84.3 Å². The van der Waals surface area contributed by atoms with Crippen molar-refractivity contribution >= 4 is 17.7 Å². The number of thioether (sulfide) groups is 1. The molecule has 4 aromatic rings. The first-order valence-electron chi connectivity index (χ1n) is 10.0. The quantitative estimate of drug-likeness (QED) is 0.247. The van der Waals surface area contributed by atoms with Crippen molar-refractivity contribution in [1.82, 2.24) is 30.3 Å². The lowest BCUT2D eigenvalue weighted by molar-refractivity contribution is 0.0947. The highest BCUT2D eigenvalue weighted by Gasteiger charge is 2.21. The first-order valence-corrected chi connectivity index (χ1v) is 11.0. The van der Waals surface area contributed by atoms with E-state index in [-0.39, 0.29) is 5.91 Å². The molecule has 2 aromatic heterocycles. The molecular formula is C23H22N6OS. The van der Waals surface area contributed by atoms with E-state index in [0.717, 1.165) is 18.5 Å². The van der Waals surface area contributed by atoms with Gasteiger partial charge in [0.1, 0.15) is 0 Å². The van der Waals surface area contributed by atoms with Crippen LogP contribution in [0.2, 0.25) is 0 Å². The number of hydrogen-bond acceptors (Lipinski definition) is 6. The monoisotopic (exact) mass is 430 g/mol. The van der Waals surface area contributed by atoms with Crippen LogP contribution in [-0.2, 0) is 12.2 Å². The standard InChI is InChI=1S/C23H22N6OS/c30-22(24-14-7-11-18-9-3-1-4-10-18)21-20(17-31-23-25-15-8-16-26-23)29(28-27-21)19-12-5-2-6-13-19/h1-6,8-10,12-13,15-16H,7,11,14,17H2,(H,24,30). The second kappa shape index (κ2) is 10.5. The molecular weight excluding hydrogens is 408 g/mol. The van der Waals surface area contributed by atoms with Crippen molar-refractivity contribution in [3.05, 3.63) is 96.1 Å². The zero-order valence-electron chi connectivity index (χ0n) is 16.9. The summed E-state index contributed by atoms with van der Waals surface area (Å²) >= 11 is 1.44. The molecule has 0 aliphatic carbocycles. The summed E-state index contributed by atoms with van der Waals surface area (Å²) in [5.41, 5.74) is 3.14. The van der Waals surface area contributed by atoms with Gasteiger partial charge in [-0.15, -0.1) is 5.10 Å². The van der Waals surface area contributed by atoms with E-state index in [2.05, 4.69) is 37.7 Å². The molecule has 156 valence electrons. The number of carbonyl (C=O) groups is 1. The van der Waals surface area contributed by atoms with Crippen LogP contribution in [0.3, 0.4) is 0 Å².